The second-order valence-corrected chi connectivity index (χ2v) is 3.60. The summed E-state index contributed by atoms with van der Waals surface area (Å²) in [6, 6.07) is 4.34. The van der Waals surface area contributed by atoms with Gasteiger partial charge in [-0.15, -0.1) is 0 Å². The van der Waals surface area contributed by atoms with Gasteiger partial charge in [0.05, 0.1) is 10.6 Å². The van der Waals surface area contributed by atoms with Crippen LogP contribution in [0.3, 0.4) is 0 Å². The first-order valence-electron chi connectivity index (χ1n) is 4.30. The Hall–Kier alpha value is -1.48. The normalized spacial score (nSPS) is 9.73. The molecule has 1 aromatic carbocycles. The second kappa shape index (κ2) is 4.84. The molecular weight excluding hydrogens is 216 g/mol. The lowest BCUT2D eigenvalue weighted by Crippen LogP contribution is -2.00. The van der Waals surface area contributed by atoms with Crippen molar-refractivity contribution in [3.63, 3.8) is 0 Å². The standard InChI is InChI=1S/C11H11ClO3/c1-7(2)6-15-10-4-3-8(11(13)14)5-9(10)12/h3-5H,1,6H2,2H3,(H,13,14). The molecule has 15 heavy (non-hydrogen) atoms. The van der Waals surface area contributed by atoms with Crippen LogP contribution in [0, 0.1) is 0 Å². The van der Waals surface area contributed by atoms with Crippen molar-refractivity contribution in [1.29, 1.82) is 0 Å². The molecule has 0 fully saturated rings. The summed E-state index contributed by atoms with van der Waals surface area (Å²) in [5, 5.41) is 8.99. The van der Waals surface area contributed by atoms with Gasteiger partial charge < -0.3 is 9.84 Å². The first-order chi connectivity index (χ1) is 7.00. The lowest BCUT2D eigenvalue weighted by Gasteiger charge is -2.07. The molecule has 1 aromatic rings. The molecule has 1 N–H and O–H groups in total. The molecule has 80 valence electrons. The molecule has 0 aliphatic heterocycles. The molecule has 0 saturated carbocycles. The van der Waals surface area contributed by atoms with E-state index in [0.29, 0.717) is 12.4 Å². The van der Waals surface area contributed by atoms with Gasteiger partial charge >= 0.3 is 5.97 Å². The van der Waals surface area contributed by atoms with E-state index in [0.717, 1.165) is 5.57 Å². The van der Waals surface area contributed by atoms with Crippen molar-refractivity contribution >= 4 is 17.6 Å². The number of aromatic carboxylic acids is 1. The minimum absolute atomic E-state index is 0.141. The van der Waals surface area contributed by atoms with Crippen molar-refractivity contribution in [3.05, 3.63) is 40.9 Å². The molecule has 0 heterocycles. The molecule has 0 radical (unpaired) electrons. The van der Waals surface area contributed by atoms with Crippen LogP contribution in [0.1, 0.15) is 17.3 Å². The zero-order valence-corrected chi connectivity index (χ0v) is 9.04. The van der Waals surface area contributed by atoms with Crippen molar-refractivity contribution < 1.29 is 14.6 Å². The third-order valence-corrected chi connectivity index (χ3v) is 1.95. The van der Waals surface area contributed by atoms with Crippen molar-refractivity contribution in [3.8, 4) is 5.75 Å². The monoisotopic (exact) mass is 226 g/mol. The average Bonchev–Trinajstić information content (AvgIpc) is 2.15. The quantitative estimate of drug-likeness (QED) is 0.803. The van der Waals surface area contributed by atoms with Crippen molar-refractivity contribution in [2.24, 2.45) is 0 Å². The van der Waals surface area contributed by atoms with Crippen LogP contribution in [0.4, 0.5) is 0 Å². The Balaban J connectivity index is 2.83. The van der Waals surface area contributed by atoms with Crippen molar-refractivity contribution in [2.75, 3.05) is 6.61 Å². The van der Waals surface area contributed by atoms with E-state index >= 15 is 0 Å². The average molecular weight is 227 g/mol. The number of hydrogen-bond donors (Lipinski definition) is 1. The summed E-state index contributed by atoms with van der Waals surface area (Å²) in [6.07, 6.45) is 0. The van der Waals surface area contributed by atoms with Gasteiger partial charge in [0.1, 0.15) is 12.4 Å². The number of carboxylic acid groups (broad SMARTS) is 1. The number of halogens is 1. The number of benzene rings is 1. The first kappa shape index (κ1) is 11.6. The number of rotatable bonds is 4. The Labute approximate surface area is 92.9 Å². The van der Waals surface area contributed by atoms with Crippen molar-refractivity contribution in [2.45, 2.75) is 6.92 Å². The van der Waals surface area contributed by atoms with Crippen LogP contribution in [0.5, 0.6) is 5.75 Å². The van der Waals surface area contributed by atoms with E-state index in [1.807, 2.05) is 6.92 Å². The summed E-state index contributed by atoms with van der Waals surface area (Å²) >= 11 is 5.84. The smallest absolute Gasteiger partial charge is 0.335 e. The Morgan fingerprint density at radius 1 is 1.60 bits per heavy atom. The summed E-state index contributed by atoms with van der Waals surface area (Å²) in [7, 11) is 0. The molecule has 0 bridgehead atoms. The van der Waals surface area contributed by atoms with E-state index in [9.17, 15) is 4.79 Å². The van der Waals surface area contributed by atoms with Crippen LogP contribution in [0.2, 0.25) is 5.02 Å². The molecule has 0 saturated heterocycles. The highest BCUT2D eigenvalue weighted by molar-refractivity contribution is 6.32. The molecule has 0 amide bonds. The molecule has 0 aliphatic carbocycles. The fourth-order valence-electron chi connectivity index (χ4n) is 0.952. The fourth-order valence-corrected chi connectivity index (χ4v) is 1.19. The van der Waals surface area contributed by atoms with E-state index in [2.05, 4.69) is 6.58 Å². The summed E-state index contributed by atoms with van der Waals surface area (Å²) < 4.78 is 5.31. The largest absolute Gasteiger partial charge is 0.488 e. The predicted molar refractivity (Wildman–Crippen MR) is 58.7 cm³/mol. The highest BCUT2D eigenvalue weighted by atomic mass is 35.5. The molecule has 0 unspecified atom stereocenters. The summed E-state index contributed by atoms with van der Waals surface area (Å²) in [5.41, 5.74) is 1.01. The van der Waals surface area contributed by atoms with E-state index in [-0.39, 0.29) is 10.6 Å². The van der Waals surface area contributed by atoms with Gasteiger partial charge in [-0.05, 0) is 30.7 Å². The molecule has 4 heteroatoms. The molecule has 0 aliphatic rings. The number of carboxylic acids is 1. The van der Waals surface area contributed by atoms with Gasteiger partial charge in [0.25, 0.3) is 0 Å². The maximum Gasteiger partial charge on any atom is 0.335 e. The van der Waals surface area contributed by atoms with E-state index in [1.54, 1.807) is 0 Å². The van der Waals surface area contributed by atoms with Gasteiger partial charge in [0.15, 0.2) is 0 Å². The Bertz CT molecular complexity index is 399. The van der Waals surface area contributed by atoms with Gasteiger partial charge in [-0.25, -0.2) is 4.79 Å². The van der Waals surface area contributed by atoms with E-state index in [1.165, 1.54) is 18.2 Å². The highest BCUT2D eigenvalue weighted by Crippen LogP contribution is 2.25. The summed E-state index contributed by atoms with van der Waals surface area (Å²) in [4.78, 5) is 10.6. The number of ether oxygens (including phenoxy) is 1. The lowest BCUT2D eigenvalue weighted by atomic mass is 10.2. The Kier molecular flexibility index (Phi) is 3.74. The third kappa shape index (κ3) is 3.29. The zero-order chi connectivity index (χ0) is 11.4. The minimum atomic E-state index is -1.01. The lowest BCUT2D eigenvalue weighted by molar-refractivity contribution is 0.0697. The minimum Gasteiger partial charge on any atom is -0.488 e. The number of carbonyl (C=O) groups is 1. The van der Waals surface area contributed by atoms with Gasteiger partial charge in [0, 0.05) is 0 Å². The van der Waals surface area contributed by atoms with Crippen molar-refractivity contribution in [1.82, 2.24) is 0 Å². The summed E-state index contributed by atoms with van der Waals surface area (Å²) in [6.45, 7) is 5.88. The number of hydrogen-bond acceptors (Lipinski definition) is 2. The third-order valence-electron chi connectivity index (χ3n) is 1.65. The van der Waals surface area contributed by atoms with E-state index in [4.69, 9.17) is 21.4 Å². The topological polar surface area (TPSA) is 46.5 Å². The molecule has 1 rings (SSSR count). The van der Waals surface area contributed by atoms with Crippen LogP contribution in [0.15, 0.2) is 30.4 Å². The van der Waals surface area contributed by atoms with Crippen LogP contribution in [-0.4, -0.2) is 17.7 Å². The highest BCUT2D eigenvalue weighted by Gasteiger charge is 2.07. The second-order valence-electron chi connectivity index (χ2n) is 3.20. The zero-order valence-electron chi connectivity index (χ0n) is 8.29. The molecule has 0 aromatic heterocycles. The summed E-state index contributed by atoms with van der Waals surface area (Å²) in [5.74, 6) is -0.548. The first-order valence-corrected chi connectivity index (χ1v) is 4.68. The van der Waals surface area contributed by atoms with Gasteiger partial charge in [-0.1, -0.05) is 18.2 Å². The maximum atomic E-state index is 10.6. The van der Waals surface area contributed by atoms with Gasteiger partial charge in [-0.2, -0.15) is 0 Å². The molecule has 0 spiro atoms. The Morgan fingerprint density at radius 3 is 2.73 bits per heavy atom. The molecule has 3 nitrogen and oxygen atoms in total. The van der Waals surface area contributed by atoms with Crippen LogP contribution in [-0.2, 0) is 0 Å². The fraction of sp³-hybridized carbons (Fsp3) is 0.182. The SMILES string of the molecule is C=C(C)COc1ccc(C(=O)O)cc1Cl. The van der Waals surface area contributed by atoms with Crippen LogP contribution in [0.25, 0.3) is 0 Å². The van der Waals surface area contributed by atoms with Gasteiger partial charge in [0.2, 0.25) is 0 Å². The van der Waals surface area contributed by atoms with Gasteiger partial charge in [-0.3, -0.25) is 0 Å². The van der Waals surface area contributed by atoms with Crippen LogP contribution < -0.4 is 4.74 Å². The molecule has 0 atom stereocenters. The van der Waals surface area contributed by atoms with E-state index < -0.39 is 5.97 Å². The Morgan fingerprint density at radius 2 is 2.27 bits per heavy atom. The predicted octanol–water partition coefficient (Wildman–Crippen LogP) is 2.99. The van der Waals surface area contributed by atoms with Crippen LogP contribution >= 0.6 is 11.6 Å². The molecular formula is C11H11ClO3. The maximum absolute atomic E-state index is 10.6.